The number of rotatable bonds is 3. The first-order valence-corrected chi connectivity index (χ1v) is 9.98. The van der Waals surface area contributed by atoms with Crippen LogP contribution >= 0.6 is 23.2 Å². The summed E-state index contributed by atoms with van der Waals surface area (Å²) in [6, 6.07) is 18.3. The third-order valence-electron chi connectivity index (χ3n) is 6.33. The molecule has 1 aliphatic carbocycles. The highest BCUT2D eigenvalue weighted by atomic mass is 35.5. The number of pyridine rings is 1. The molecule has 3 aromatic rings. The Morgan fingerprint density at radius 3 is 2.03 bits per heavy atom. The number of carbonyl (C=O) groups excluding carboxylic acids is 2. The van der Waals surface area contributed by atoms with Gasteiger partial charge >= 0.3 is 0 Å². The smallest absolute Gasteiger partial charge is 0.241 e. The number of aromatic nitrogens is 1. The van der Waals surface area contributed by atoms with Gasteiger partial charge in [-0.1, -0.05) is 53.5 Å². The third-order valence-corrected chi connectivity index (χ3v) is 6.77. The number of benzene rings is 2. The van der Waals surface area contributed by atoms with Crippen LogP contribution in [0.4, 0.5) is 5.69 Å². The van der Waals surface area contributed by atoms with Crippen molar-refractivity contribution in [2.24, 2.45) is 11.3 Å². The van der Waals surface area contributed by atoms with Crippen LogP contribution in [0.3, 0.4) is 0 Å². The predicted octanol–water partition coefficient (Wildman–Crippen LogP) is 4.88. The van der Waals surface area contributed by atoms with Crippen molar-refractivity contribution in [2.45, 2.75) is 12.3 Å². The van der Waals surface area contributed by atoms with Crippen LogP contribution in [-0.2, 0) is 15.0 Å². The van der Waals surface area contributed by atoms with E-state index in [2.05, 4.69) is 4.98 Å². The molecule has 1 saturated heterocycles. The van der Waals surface area contributed by atoms with Crippen molar-refractivity contribution in [3.8, 4) is 0 Å². The summed E-state index contributed by atoms with van der Waals surface area (Å²) in [5.74, 6) is -0.993. The van der Waals surface area contributed by atoms with Gasteiger partial charge in [0.1, 0.15) is 0 Å². The molecule has 2 aromatic carbocycles. The minimum absolute atomic E-state index is 0.239. The maximum Gasteiger partial charge on any atom is 0.241 e. The zero-order valence-electron chi connectivity index (χ0n) is 15.5. The minimum atomic E-state index is -0.901. The number of nitrogens with zero attached hydrogens (tertiary/aromatic N) is 2. The fourth-order valence-electron chi connectivity index (χ4n) is 5.13. The molecule has 4 nitrogen and oxygen atoms in total. The number of amides is 2. The zero-order chi connectivity index (χ0) is 20.4. The standard InChI is InChI=1S/C23H16Cl2N2O2/c1-22-19(20(28)27(21(22)29)18-12-16(24)11-17(25)13-18)23(22,14-5-3-2-4-6-14)15-7-9-26-10-8-15/h2-13,19H,1H3. The van der Waals surface area contributed by atoms with Gasteiger partial charge in [0.25, 0.3) is 0 Å². The Hall–Kier alpha value is -2.69. The Morgan fingerprint density at radius 1 is 0.897 bits per heavy atom. The van der Waals surface area contributed by atoms with Crippen molar-refractivity contribution >= 4 is 40.7 Å². The molecule has 0 bridgehead atoms. The Morgan fingerprint density at radius 2 is 1.48 bits per heavy atom. The van der Waals surface area contributed by atoms with Crippen LogP contribution in [0.25, 0.3) is 0 Å². The number of piperidine rings is 1. The number of imide groups is 1. The lowest BCUT2D eigenvalue weighted by Gasteiger charge is -2.29. The quantitative estimate of drug-likeness (QED) is 0.564. The summed E-state index contributed by atoms with van der Waals surface area (Å²) in [7, 11) is 0. The van der Waals surface area contributed by atoms with Crippen LogP contribution in [0.1, 0.15) is 18.1 Å². The monoisotopic (exact) mass is 422 g/mol. The van der Waals surface area contributed by atoms with Gasteiger partial charge in [0.05, 0.1) is 17.0 Å². The molecule has 144 valence electrons. The maximum atomic E-state index is 13.7. The summed E-state index contributed by atoms with van der Waals surface area (Å²) in [4.78, 5) is 32.6. The van der Waals surface area contributed by atoms with E-state index in [0.29, 0.717) is 15.7 Å². The van der Waals surface area contributed by atoms with Gasteiger partial charge in [-0.25, -0.2) is 4.90 Å². The van der Waals surface area contributed by atoms with E-state index in [1.54, 1.807) is 30.6 Å². The fourth-order valence-corrected chi connectivity index (χ4v) is 5.65. The molecule has 5 rings (SSSR count). The number of halogens is 2. The van der Waals surface area contributed by atoms with Gasteiger partial charge in [0.15, 0.2) is 0 Å². The molecule has 3 unspecified atom stereocenters. The molecule has 29 heavy (non-hydrogen) atoms. The number of carbonyl (C=O) groups is 2. The van der Waals surface area contributed by atoms with E-state index in [4.69, 9.17) is 23.2 Å². The van der Waals surface area contributed by atoms with Crippen molar-refractivity contribution < 1.29 is 9.59 Å². The average Bonchev–Trinajstić information content (AvgIpc) is 3.23. The van der Waals surface area contributed by atoms with E-state index in [1.165, 1.54) is 4.90 Å². The lowest BCUT2D eigenvalue weighted by atomic mass is 9.79. The summed E-state index contributed by atoms with van der Waals surface area (Å²) < 4.78 is 0. The average molecular weight is 423 g/mol. The van der Waals surface area contributed by atoms with E-state index in [-0.39, 0.29) is 11.8 Å². The van der Waals surface area contributed by atoms with Gasteiger partial charge in [-0.15, -0.1) is 0 Å². The van der Waals surface area contributed by atoms with E-state index < -0.39 is 16.7 Å². The minimum Gasteiger partial charge on any atom is -0.274 e. The predicted molar refractivity (Wildman–Crippen MR) is 112 cm³/mol. The van der Waals surface area contributed by atoms with Crippen molar-refractivity contribution in [2.75, 3.05) is 4.90 Å². The van der Waals surface area contributed by atoms with Gasteiger partial charge in [-0.2, -0.15) is 0 Å². The summed E-state index contributed by atoms with van der Waals surface area (Å²) in [5, 5.41) is 0.754. The number of fused-ring (bicyclic) bond motifs is 1. The van der Waals surface area contributed by atoms with Crippen molar-refractivity contribution in [3.63, 3.8) is 0 Å². The summed E-state index contributed by atoms with van der Waals surface area (Å²) in [6.45, 7) is 1.87. The number of anilines is 1. The van der Waals surface area contributed by atoms with Gasteiger partial charge < -0.3 is 0 Å². The highest BCUT2D eigenvalue weighted by molar-refractivity contribution is 6.36. The third kappa shape index (κ3) is 2.24. The Bertz CT molecular complexity index is 1090. The molecule has 0 spiro atoms. The Balaban J connectivity index is 1.68. The molecular formula is C23H16Cl2N2O2. The molecule has 2 fully saturated rings. The van der Waals surface area contributed by atoms with Gasteiger partial charge in [-0.05, 0) is 48.4 Å². The second kappa shape index (κ2) is 6.15. The zero-order valence-corrected chi connectivity index (χ0v) is 17.0. The first-order chi connectivity index (χ1) is 13.9. The largest absolute Gasteiger partial charge is 0.274 e. The molecule has 1 aromatic heterocycles. The summed E-state index contributed by atoms with van der Waals surface area (Å²) in [6.07, 6.45) is 3.39. The molecule has 1 saturated carbocycles. The highest BCUT2D eigenvalue weighted by Gasteiger charge is 2.86. The lowest BCUT2D eigenvalue weighted by Crippen LogP contribution is -2.42. The highest BCUT2D eigenvalue weighted by Crippen LogP contribution is 2.76. The SMILES string of the molecule is CC12C(=O)N(c3cc(Cl)cc(Cl)c3)C(=O)C1C2(c1ccccc1)c1ccncc1. The number of hydrogen-bond acceptors (Lipinski definition) is 3. The maximum absolute atomic E-state index is 13.7. The van der Waals surface area contributed by atoms with Gasteiger partial charge in [0, 0.05) is 27.9 Å². The number of hydrogen-bond donors (Lipinski definition) is 0. The fraction of sp³-hybridized carbons (Fsp3) is 0.174. The molecule has 0 N–H and O–H groups in total. The molecule has 2 amide bonds. The molecule has 0 radical (unpaired) electrons. The first-order valence-electron chi connectivity index (χ1n) is 9.23. The van der Waals surface area contributed by atoms with Crippen molar-refractivity contribution in [1.82, 2.24) is 4.98 Å². The van der Waals surface area contributed by atoms with Crippen molar-refractivity contribution in [1.29, 1.82) is 0 Å². The van der Waals surface area contributed by atoms with Crippen molar-refractivity contribution in [3.05, 3.63) is 94.2 Å². The second-order valence-electron chi connectivity index (χ2n) is 7.65. The van der Waals surface area contributed by atoms with E-state index >= 15 is 0 Å². The molecule has 6 heteroatoms. The van der Waals surface area contributed by atoms with Crippen LogP contribution in [-0.4, -0.2) is 16.8 Å². The topological polar surface area (TPSA) is 50.3 Å². The second-order valence-corrected chi connectivity index (χ2v) is 8.52. The Kier molecular flexibility index (Phi) is 3.89. The van der Waals surface area contributed by atoms with Crippen LogP contribution in [0.2, 0.25) is 10.0 Å². The Labute approximate surface area is 178 Å². The summed E-state index contributed by atoms with van der Waals surface area (Å²) >= 11 is 12.2. The van der Waals surface area contributed by atoms with Crippen LogP contribution in [0, 0.1) is 11.3 Å². The first kappa shape index (κ1) is 18.3. The molecule has 3 atom stereocenters. The summed E-state index contributed by atoms with van der Waals surface area (Å²) in [5.41, 5.74) is 0.648. The molecule has 1 aliphatic heterocycles. The van der Waals surface area contributed by atoms with Gasteiger partial charge in [0.2, 0.25) is 11.8 Å². The van der Waals surface area contributed by atoms with Gasteiger partial charge in [-0.3, -0.25) is 14.6 Å². The van der Waals surface area contributed by atoms with Crippen LogP contribution in [0.15, 0.2) is 73.1 Å². The van der Waals surface area contributed by atoms with Crippen LogP contribution in [0.5, 0.6) is 0 Å². The van der Waals surface area contributed by atoms with Crippen LogP contribution < -0.4 is 4.90 Å². The van der Waals surface area contributed by atoms with E-state index in [9.17, 15) is 9.59 Å². The van der Waals surface area contributed by atoms with E-state index in [1.807, 2.05) is 49.4 Å². The normalized spacial score (nSPS) is 27.8. The van der Waals surface area contributed by atoms with E-state index in [0.717, 1.165) is 11.1 Å². The molecule has 2 aliphatic rings. The lowest BCUT2D eigenvalue weighted by molar-refractivity contribution is -0.125. The molecule has 2 heterocycles. The molecular weight excluding hydrogens is 407 g/mol.